The second-order valence-electron chi connectivity index (χ2n) is 7.52. The average molecular weight is 436 g/mol. The molecule has 4 rings (SSSR count). The highest BCUT2D eigenvalue weighted by molar-refractivity contribution is 5.96. The Kier molecular flexibility index (Phi) is 6.02. The number of nitrogens with one attached hydrogen (secondary N) is 1. The average Bonchev–Trinajstić information content (AvgIpc) is 3.33. The lowest BCUT2D eigenvalue weighted by Crippen LogP contribution is -2.49. The molecule has 3 aromatic rings. The number of ether oxygens (including phenoxy) is 1. The zero-order valence-corrected chi connectivity index (χ0v) is 17.3. The summed E-state index contributed by atoms with van der Waals surface area (Å²) in [6, 6.07) is 14.0. The van der Waals surface area contributed by atoms with E-state index in [-0.39, 0.29) is 24.4 Å². The fourth-order valence-corrected chi connectivity index (χ4v) is 3.59. The summed E-state index contributed by atoms with van der Waals surface area (Å²) in [5.41, 5.74) is 2.57. The number of halogens is 1. The summed E-state index contributed by atoms with van der Waals surface area (Å²) in [5, 5.41) is 2.49. The molecule has 2 aromatic carbocycles. The minimum Gasteiger partial charge on any atom is -0.459 e. The SMILES string of the molecule is Cc1ccc(NC(=O)COC(=O)C2Cc3ccccc3CN2C(=O)c2ccco2)cc1F. The van der Waals surface area contributed by atoms with Crippen LogP contribution >= 0.6 is 0 Å². The molecule has 1 aliphatic heterocycles. The van der Waals surface area contributed by atoms with Gasteiger partial charge in [0.05, 0.1) is 6.26 Å². The molecule has 32 heavy (non-hydrogen) atoms. The fourth-order valence-electron chi connectivity index (χ4n) is 3.59. The smallest absolute Gasteiger partial charge is 0.329 e. The number of fused-ring (bicyclic) bond motifs is 1. The van der Waals surface area contributed by atoms with Crippen LogP contribution in [0, 0.1) is 12.7 Å². The molecule has 0 radical (unpaired) electrons. The molecule has 0 fully saturated rings. The Bertz CT molecular complexity index is 1160. The minimum atomic E-state index is -0.910. The quantitative estimate of drug-likeness (QED) is 0.619. The van der Waals surface area contributed by atoms with Gasteiger partial charge in [-0.2, -0.15) is 0 Å². The van der Waals surface area contributed by atoms with Crippen LogP contribution in [-0.2, 0) is 27.3 Å². The van der Waals surface area contributed by atoms with Crippen LogP contribution in [0.1, 0.15) is 27.2 Å². The molecule has 0 saturated carbocycles. The fraction of sp³-hybridized carbons (Fsp3) is 0.208. The molecule has 1 atom stereocenters. The highest BCUT2D eigenvalue weighted by Crippen LogP contribution is 2.26. The van der Waals surface area contributed by atoms with E-state index in [4.69, 9.17) is 9.15 Å². The number of amides is 2. The van der Waals surface area contributed by atoms with Crippen molar-refractivity contribution >= 4 is 23.5 Å². The number of furan rings is 1. The summed E-state index contributed by atoms with van der Waals surface area (Å²) in [6.45, 7) is 1.26. The number of rotatable bonds is 5. The predicted molar refractivity (Wildman–Crippen MR) is 113 cm³/mol. The number of hydrogen-bond acceptors (Lipinski definition) is 5. The van der Waals surface area contributed by atoms with Gasteiger partial charge in [-0.25, -0.2) is 9.18 Å². The first-order valence-corrected chi connectivity index (χ1v) is 10.1. The Morgan fingerprint density at radius 1 is 1.12 bits per heavy atom. The minimum absolute atomic E-state index is 0.112. The van der Waals surface area contributed by atoms with Crippen LogP contribution in [0.3, 0.4) is 0 Å². The lowest BCUT2D eigenvalue weighted by molar-refractivity contribution is -0.152. The van der Waals surface area contributed by atoms with Gasteiger partial charge in [0.2, 0.25) is 0 Å². The molecule has 1 aliphatic rings. The standard InChI is InChI=1S/C24H21FN2O5/c1-15-8-9-18(12-19(15)25)26-22(28)14-32-24(30)20-11-16-5-2-3-6-17(16)13-27(20)23(29)21-7-4-10-31-21/h2-10,12,20H,11,13-14H2,1H3,(H,26,28). The number of esters is 1. The molecule has 7 nitrogen and oxygen atoms in total. The maximum atomic E-state index is 13.7. The van der Waals surface area contributed by atoms with E-state index in [1.807, 2.05) is 24.3 Å². The first-order chi connectivity index (χ1) is 15.4. The molecule has 1 N–H and O–H groups in total. The number of carbonyl (C=O) groups excluding carboxylic acids is 3. The van der Waals surface area contributed by atoms with Crippen molar-refractivity contribution in [3.8, 4) is 0 Å². The van der Waals surface area contributed by atoms with E-state index in [0.717, 1.165) is 11.1 Å². The van der Waals surface area contributed by atoms with Crippen LogP contribution in [0.5, 0.6) is 0 Å². The Morgan fingerprint density at radius 2 is 1.91 bits per heavy atom. The Labute approximate surface area is 183 Å². The van der Waals surface area contributed by atoms with Crippen LogP contribution < -0.4 is 5.32 Å². The molecule has 0 aliphatic carbocycles. The van der Waals surface area contributed by atoms with E-state index in [1.54, 1.807) is 19.1 Å². The summed E-state index contributed by atoms with van der Waals surface area (Å²) in [5.74, 6) is -2.09. The highest BCUT2D eigenvalue weighted by atomic mass is 19.1. The molecule has 0 saturated heterocycles. The topological polar surface area (TPSA) is 88.9 Å². The van der Waals surface area contributed by atoms with Gasteiger partial charge in [0.1, 0.15) is 11.9 Å². The molecular weight excluding hydrogens is 415 g/mol. The Balaban J connectivity index is 1.45. The highest BCUT2D eigenvalue weighted by Gasteiger charge is 2.37. The van der Waals surface area contributed by atoms with Gasteiger partial charge in [-0.15, -0.1) is 0 Å². The normalized spacial score (nSPS) is 15.1. The molecule has 164 valence electrons. The molecule has 1 unspecified atom stereocenters. The lowest BCUT2D eigenvalue weighted by Gasteiger charge is -2.34. The van der Waals surface area contributed by atoms with Gasteiger partial charge in [0.15, 0.2) is 12.4 Å². The van der Waals surface area contributed by atoms with Crippen LogP contribution in [0.15, 0.2) is 65.3 Å². The van der Waals surface area contributed by atoms with Crippen LogP contribution in [0.25, 0.3) is 0 Å². The largest absolute Gasteiger partial charge is 0.459 e. The van der Waals surface area contributed by atoms with Crippen molar-refractivity contribution in [2.45, 2.75) is 25.9 Å². The van der Waals surface area contributed by atoms with Gasteiger partial charge in [-0.1, -0.05) is 30.3 Å². The van der Waals surface area contributed by atoms with Crippen LogP contribution in [0.2, 0.25) is 0 Å². The summed E-state index contributed by atoms with van der Waals surface area (Å²) < 4.78 is 24.1. The number of hydrogen-bond donors (Lipinski definition) is 1. The van der Waals surface area contributed by atoms with Crippen molar-refractivity contribution in [1.82, 2.24) is 4.90 Å². The Morgan fingerprint density at radius 3 is 2.62 bits per heavy atom. The second-order valence-corrected chi connectivity index (χ2v) is 7.52. The summed E-state index contributed by atoms with van der Waals surface area (Å²) in [6.07, 6.45) is 1.64. The van der Waals surface area contributed by atoms with Gasteiger partial charge in [0, 0.05) is 18.7 Å². The van der Waals surface area contributed by atoms with Crippen molar-refractivity contribution in [1.29, 1.82) is 0 Å². The molecule has 0 spiro atoms. The van der Waals surface area contributed by atoms with Crippen molar-refractivity contribution < 1.29 is 27.9 Å². The molecule has 0 bridgehead atoms. The number of anilines is 1. The summed E-state index contributed by atoms with van der Waals surface area (Å²) >= 11 is 0. The van der Waals surface area contributed by atoms with E-state index >= 15 is 0 Å². The van der Waals surface area contributed by atoms with E-state index < -0.39 is 36.2 Å². The third kappa shape index (κ3) is 4.54. The predicted octanol–water partition coefficient (Wildman–Crippen LogP) is 3.48. The van der Waals surface area contributed by atoms with Crippen molar-refractivity contribution in [3.63, 3.8) is 0 Å². The third-order valence-electron chi connectivity index (χ3n) is 5.31. The van der Waals surface area contributed by atoms with E-state index in [9.17, 15) is 18.8 Å². The van der Waals surface area contributed by atoms with E-state index in [0.29, 0.717) is 5.56 Å². The summed E-state index contributed by atoms with van der Waals surface area (Å²) in [4.78, 5) is 39.4. The number of nitrogens with zero attached hydrogens (tertiary/aromatic N) is 1. The first kappa shape index (κ1) is 21.3. The number of aryl methyl sites for hydroxylation is 1. The molecule has 2 amide bonds. The molecule has 1 aromatic heterocycles. The maximum absolute atomic E-state index is 13.7. The number of benzene rings is 2. The van der Waals surface area contributed by atoms with Crippen LogP contribution in [0.4, 0.5) is 10.1 Å². The monoisotopic (exact) mass is 436 g/mol. The lowest BCUT2D eigenvalue weighted by atomic mass is 9.93. The zero-order valence-electron chi connectivity index (χ0n) is 17.3. The molecular formula is C24H21FN2O5. The first-order valence-electron chi connectivity index (χ1n) is 10.1. The molecule has 8 heteroatoms. The van der Waals surface area contributed by atoms with E-state index in [2.05, 4.69) is 5.32 Å². The zero-order chi connectivity index (χ0) is 22.7. The maximum Gasteiger partial charge on any atom is 0.329 e. The van der Waals surface area contributed by atoms with Gasteiger partial charge < -0.3 is 19.4 Å². The van der Waals surface area contributed by atoms with Crippen molar-refractivity contribution in [2.75, 3.05) is 11.9 Å². The van der Waals surface area contributed by atoms with Gasteiger partial charge in [-0.05, 0) is 47.9 Å². The van der Waals surface area contributed by atoms with Crippen molar-refractivity contribution in [3.05, 3.63) is 89.1 Å². The third-order valence-corrected chi connectivity index (χ3v) is 5.31. The van der Waals surface area contributed by atoms with Crippen molar-refractivity contribution in [2.24, 2.45) is 0 Å². The van der Waals surface area contributed by atoms with E-state index in [1.165, 1.54) is 29.4 Å². The molecule has 2 heterocycles. The van der Waals surface area contributed by atoms with Gasteiger partial charge >= 0.3 is 5.97 Å². The van der Waals surface area contributed by atoms with Crippen LogP contribution in [-0.4, -0.2) is 35.3 Å². The summed E-state index contributed by atoms with van der Waals surface area (Å²) in [7, 11) is 0. The number of carbonyl (C=O) groups is 3. The van der Waals surface area contributed by atoms with Gasteiger partial charge in [0.25, 0.3) is 11.8 Å². The Hall–Kier alpha value is -3.94. The second kappa shape index (κ2) is 9.05. The van der Waals surface area contributed by atoms with Gasteiger partial charge in [-0.3, -0.25) is 9.59 Å².